The average Bonchev–Trinajstić information content (AvgIpc) is 2.75. The molecule has 3 rings (SSSR count). The summed E-state index contributed by atoms with van der Waals surface area (Å²) < 4.78 is 24.6. The number of rotatable bonds is 7. The molecular weight excluding hydrogens is 369 g/mol. The Morgan fingerprint density at radius 3 is 2.34 bits per heavy atom. The van der Waals surface area contributed by atoms with Crippen LogP contribution in [0.1, 0.15) is 18.1 Å². The van der Waals surface area contributed by atoms with Crippen LogP contribution in [0.5, 0.6) is 17.2 Å². The Kier molecular flexibility index (Phi) is 6.63. The van der Waals surface area contributed by atoms with Gasteiger partial charge in [0.2, 0.25) is 0 Å². The van der Waals surface area contributed by atoms with Crippen LogP contribution in [0.15, 0.2) is 89.6 Å². The van der Waals surface area contributed by atoms with Gasteiger partial charge in [0, 0.05) is 18.7 Å². The highest BCUT2D eigenvalue weighted by atomic mass is 19.1. The quantitative estimate of drug-likeness (QED) is 0.427. The van der Waals surface area contributed by atoms with E-state index in [0.717, 1.165) is 5.56 Å². The van der Waals surface area contributed by atoms with Crippen molar-refractivity contribution in [1.29, 1.82) is 0 Å². The molecule has 1 N–H and O–H groups in total. The molecule has 0 heterocycles. The van der Waals surface area contributed by atoms with Gasteiger partial charge in [-0.25, -0.2) is 4.39 Å². The molecule has 0 aliphatic rings. The summed E-state index contributed by atoms with van der Waals surface area (Å²) in [5.41, 5.74) is 1.89. The number of hydrogen-bond donors (Lipinski definition) is 1. The van der Waals surface area contributed by atoms with E-state index in [1.807, 2.05) is 37.3 Å². The van der Waals surface area contributed by atoms with Crippen molar-refractivity contribution >= 4 is 5.71 Å². The minimum Gasteiger partial charge on any atom is -0.507 e. The Hall–Kier alpha value is -3.60. The van der Waals surface area contributed by atoms with Crippen LogP contribution in [0.3, 0.4) is 0 Å². The number of aliphatic imine (C=N–C) groups is 1. The molecular formula is C24H22FNO3. The molecule has 0 spiro atoms. The molecule has 148 valence electrons. The summed E-state index contributed by atoms with van der Waals surface area (Å²) in [5.74, 6) is 1.45. The number of aromatic hydroxyl groups is 1. The van der Waals surface area contributed by atoms with E-state index in [1.165, 1.54) is 18.2 Å². The molecule has 0 fully saturated rings. The predicted molar refractivity (Wildman–Crippen MR) is 112 cm³/mol. The van der Waals surface area contributed by atoms with Crippen molar-refractivity contribution < 1.29 is 19.0 Å². The summed E-state index contributed by atoms with van der Waals surface area (Å²) in [5, 5.41) is 10.5. The molecule has 0 radical (unpaired) electrons. The van der Waals surface area contributed by atoms with E-state index in [0.29, 0.717) is 28.5 Å². The summed E-state index contributed by atoms with van der Waals surface area (Å²) in [7, 11) is 1.64. The van der Waals surface area contributed by atoms with Gasteiger partial charge in [-0.2, -0.15) is 0 Å². The van der Waals surface area contributed by atoms with Crippen molar-refractivity contribution in [2.45, 2.75) is 13.5 Å². The molecule has 5 heteroatoms. The smallest absolute Gasteiger partial charge is 0.149 e. The second-order valence-corrected chi connectivity index (χ2v) is 6.23. The first-order valence-corrected chi connectivity index (χ1v) is 9.17. The molecule has 29 heavy (non-hydrogen) atoms. The topological polar surface area (TPSA) is 51.0 Å². The Bertz CT molecular complexity index is 1010. The van der Waals surface area contributed by atoms with Gasteiger partial charge in [-0.3, -0.25) is 4.99 Å². The summed E-state index contributed by atoms with van der Waals surface area (Å²) >= 11 is 0. The number of benzene rings is 3. The van der Waals surface area contributed by atoms with E-state index >= 15 is 0 Å². The standard InChI is InChI=1S/C24H22FNO3/c1-3-23(29-19-7-5-4-6-8-19)24(26-2)21-14-13-20(15-22(21)27)28-16-17-9-11-18(25)12-10-17/h3-15,27H,16H2,1-2H3/b23-3-,26-24?. The fourth-order valence-electron chi connectivity index (χ4n) is 2.77. The average molecular weight is 391 g/mol. The second kappa shape index (κ2) is 9.55. The first-order valence-electron chi connectivity index (χ1n) is 9.17. The summed E-state index contributed by atoms with van der Waals surface area (Å²) in [6, 6.07) is 20.5. The van der Waals surface area contributed by atoms with Gasteiger partial charge in [0.05, 0.1) is 0 Å². The highest BCUT2D eigenvalue weighted by Crippen LogP contribution is 2.28. The third-order valence-corrected chi connectivity index (χ3v) is 4.23. The van der Waals surface area contributed by atoms with Crippen molar-refractivity contribution in [3.63, 3.8) is 0 Å². The highest BCUT2D eigenvalue weighted by Gasteiger charge is 2.16. The molecule has 4 nitrogen and oxygen atoms in total. The van der Waals surface area contributed by atoms with Gasteiger partial charge in [0.1, 0.15) is 41.1 Å². The number of ether oxygens (including phenoxy) is 2. The molecule has 3 aromatic rings. The lowest BCUT2D eigenvalue weighted by atomic mass is 10.1. The first kappa shape index (κ1) is 20.1. The van der Waals surface area contributed by atoms with E-state index in [1.54, 1.807) is 37.4 Å². The van der Waals surface area contributed by atoms with E-state index in [-0.39, 0.29) is 18.2 Å². The number of para-hydroxylation sites is 1. The maximum Gasteiger partial charge on any atom is 0.149 e. The van der Waals surface area contributed by atoms with Gasteiger partial charge in [-0.15, -0.1) is 0 Å². The molecule has 3 aromatic carbocycles. The van der Waals surface area contributed by atoms with Crippen LogP contribution in [0, 0.1) is 5.82 Å². The lowest BCUT2D eigenvalue weighted by molar-refractivity contribution is 0.304. The monoisotopic (exact) mass is 391 g/mol. The van der Waals surface area contributed by atoms with Crippen LogP contribution in [0.4, 0.5) is 4.39 Å². The zero-order valence-corrected chi connectivity index (χ0v) is 16.3. The van der Waals surface area contributed by atoms with E-state index in [2.05, 4.69) is 4.99 Å². The molecule has 0 aliphatic heterocycles. The molecule has 0 saturated heterocycles. The maximum atomic E-state index is 13.0. The van der Waals surface area contributed by atoms with Crippen LogP contribution in [-0.4, -0.2) is 17.9 Å². The van der Waals surface area contributed by atoms with Crippen molar-refractivity contribution in [3.8, 4) is 17.2 Å². The lowest BCUT2D eigenvalue weighted by Gasteiger charge is -2.14. The predicted octanol–water partition coefficient (Wildman–Crippen LogP) is 5.51. The minimum atomic E-state index is -0.292. The molecule has 0 saturated carbocycles. The van der Waals surface area contributed by atoms with E-state index < -0.39 is 0 Å². The number of allylic oxidation sites excluding steroid dienone is 2. The zero-order chi connectivity index (χ0) is 20.6. The zero-order valence-electron chi connectivity index (χ0n) is 16.3. The Morgan fingerprint density at radius 2 is 1.72 bits per heavy atom. The molecule has 0 unspecified atom stereocenters. The number of halogens is 1. The number of phenolic OH excluding ortho intramolecular Hbond substituents is 1. The molecule has 0 bridgehead atoms. The first-order chi connectivity index (χ1) is 14.1. The summed E-state index contributed by atoms with van der Waals surface area (Å²) in [6.07, 6.45) is 1.80. The largest absolute Gasteiger partial charge is 0.507 e. The minimum absolute atomic E-state index is 0.0261. The maximum absolute atomic E-state index is 13.0. The van der Waals surface area contributed by atoms with Gasteiger partial charge < -0.3 is 14.6 Å². The van der Waals surface area contributed by atoms with Crippen LogP contribution < -0.4 is 9.47 Å². The van der Waals surface area contributed by atoms with Gasteiger partial charge in [-0.1, -0.05) is 30.3 Å². The Labute approximate surface area is 169 Å². The Morgan fingerprint density at radius 1 is 1.00 bits per heavy atom. The van der Waals surface area contributed by atoms with Crippen LogP contribution >= 0.6 is 0 Å². The SMILES string of the molecule is C/C=C(\Oc1ccccc1)C(=NC)c1ccc(OCc2ccc(F)cc2)cc1O. The van der Waals surface area contributed by atoms with Gasteiger partial charge in [0.15, 0.2) is 0 Å². The second-order valence-electron chi connectivity index (χ2n) is 6.23. The third kappa shape index (κ3) is 5.23. The van der Waals surface area contributed by atoms with Crippen molar-refractivity contribution in [2.24, 2.45) is 4.99 Å². The number of hydrogen-bond acceptors (Lipinski definition) is 4. The molecule has 0 aliphatic carbocycles. The van der Waals surface area contributed by atoms with Crippen LogP contribution in [0.25, 0.3) is 0 Å². The summed E-state index contributed by atoms with van der Waals surface area (Å²) in [4.78, 5) is 4.30. The lowest BCUT2D eigenvalue weighted by Crippen LogP contribution is -2.11. The molecule has 0 aromatic heterocycles. The van der Waals surface area contributed by atoms with Crippen molar-refractivity contribution in [3.05, 3.63) is 102 Å². The fourth-order valence-corrected chi connectivity index (χ4v) is 2.77. The normalized spacial score (nSPS) is 12.0. The van der Waals surface area contributed by atoms with E-state index in [9.17, 15) is 9.50 Å². The van der Waals surface area contributed by atoms with Crippen LogP contribution in [0.2, 0.25) is 0 Å². The van der Waals surface area contributed by atoms with Crippen LogP contribution in [-0.2, 0) is 6.61 Å². The van der Waals surface area contributed by atoms with Gasteiger partial charge in [-0.05, 0) is 55.0 Å². The van der Waals surface area contributed by atoms with Crippen molar-refractivity contribution in [2.75, 3.05) is 7.05 Å². The third-order valence-electron chi connectivity index (χ3n) is 4.23. The fraction of sp³-hybridized carbons (Fsp3) is 0.125. The molecule has 0 amide bonds. The van der Waals surface area contributed by atoms with E-state index in [4.69, 9.17) is 9.47 Å². The number of phenols is 1. The molecule has 0 atom stereocenters. The van der Waals surface area contributed by atoms with Gasteiger partial charge >= 0.3 is 0 Å². The highest BCUT2D eigenvalue weighted by molar-refractivity contribution is 6.13. The Balaban J connectivity index is 1.75. The van der Waals surface area contributed by atoms with Crippen molar-refractivity contribution in [1.82, 2.24) is 0 Å². The number of nitrogens with zero attached hydrogens (tertiary/aromatic N) is 1. The van der Waals surface area contributed by atoms with Gasteiger partial charge in [0.25, 0.3) is 0 Å². The summed E-state index contributed by atoms with van der Waals surface area (Å²) in [6.45, 7) is 2.12.